The lowest BCUT2D eigenvalue weighted by Crippen LogP contribution is -2.41. The second-order valence-electron chi connectivity index (χ2n) is 9.38. The summed E-state index contributed by atoms with van der Waals surface area (Å²) in [6.45, 7) is 0. The fourth-order valence-electron chi connectivity index (χ4n) is 5.77. The van der Waals surface area contributed by atoms with Crippen LogP contribution in [0.4, 0.5) is 0 Å². The molecular weight excluding hydrogens is 468 g/mol. The van der Waals surface area contributed by atoms with Crippen molar-refractivity contribution in [1.82, 2.24) is 0 Å². The number of hydrogen-bond acceptors (Lipinski definition) is 2. The fraction of sp³-hybridized carbons (Fsp3) is 0.226. The molecule has 1 saturated carbocycles. The van der Waals surface area contributed by atoms with E-state index in [0.717, 1.165) is 23.0 Å². The number of ether oxygens (including phenoxy) is 2. The van der Waals surface area contributed by atoms with Gasteiger partial charge in [-0.3, -0.25) is 0 Å². The molecule has 174 valence electrons. The van der Waals surface area contributed by atoms with Crippen LogP contribution in [0.3, 0.4) is 0 Å². The molecule has 0 radical (unpaired) electrons. The molecule has 2 atom stereocenters. The molecule has 0 N–H and O–H groups in total. The SMILES string of the molecule is c1ccc2c(c1)Oc1ccccc1[S+]2[C@@H]1CCCCC[C@H]1[S+]1c2ccccc2Oc2ccccc21. The van der Waals surface area contributed by atoms with Gasteiger partial charge in [-0.05, 0) is 61.4 Å². The molecule has 2 nitrogen and oxygen atoms in total. The predicted molar refractivity (Wildman–Crippen MR) is 144 cm³/mol. The summed E-state index contributed by atoms with van der Waals surface area (Å²) >= 11 is 0. The molecule has 1 aliphatic carbocycles. The Kier molecular flexibility index (Phi) is 5.52. The lowest BCUT2D eigenvalue weighted by molar-refractivity contribution is 0.450. The lowest BCUT2D eigenvalue weighted by atomic mass is 10.2. The molecule has 0 unspecified atom stereocenters. The summed E-state index contributed by atoms with van der Waals surface area (Å²) in [5.41, 5.74) is 0. The Bertz CT molecular complexity index is 1190. The molecule has 0 saturated heterocycles. The van der Waals surface area contributed by atoms with Crippen LogP contribution in [-0.2, 0) is 21.8 Å². The van der Waals surface area contributed by atoms with E-state index in [1.54, 1.807) is 0 Å². The van der Waals surface area contributed by atoms with E-state index in [9.17, 15) is 0 Å². The molecule has 0 spiro atoms. The van der Waals surface area contributed by atoms with E-state index in [1.807, 2.05) is 0 Å². The van der Waals surface area contributed by atoms with Gasteiger partial charge in [0.2, 0.25) is 19.6 Å². The minimum absolute atomic E-state index is 0.0363. The first kappa shape index (κ1) is 21.5. The third kappa shape index (κ3) is 3.66. The topological polar surface area (TPSA) is 18.5 Å². The number of hydrogen-bond donors (Lipinski definition) is 0. The van der Waals surface area contributed by atoms with Crippen molar-refractivity contribution in [2.45, 2.75) is 62.2 Å². The molecule has 0 amide bonds. The summed E-state index contributed by atoms with van der Waals surface area (Å²) in [7, 11) is -0.0726. The van der Waals surface area contributed by atoms with Crippen molar-refractivity contribution in [2.75, 3.05) is 0 Å². The van der Waals surface area contributed by atoms with Crippen molar-refractivity contribution in [3.05, 3.63) is 97.1 Å². The van der Waals surface area contributed by atoms with E-state index in [-0.39, 0.29) is 21.8 Å². The number of fused-ring (bicyclic) bond motifs is 4. The summed E-state index contributed by atoms with van der Waals surface area (Å²) in [5, 5.41) is 1.12. The molecule has 2 aliphatic heterocycles. The Hall–Kier alpha value is -2.82. The highest BCUT2D eigenvalue weighted by Gasteiger charge is 2.56. The highest BCUT2D eigenvalue weighted by molar-refractivity contribution is 8.01. The summed E-state index contributed by atoms with van der Waals surface area (Å²) in [6, 6.07) is 35.0. The molecule has 4 aromatic rings. The summed E-state index contributed by atoms with van der Waals surface area (Å²) < 4.78 is 12.8. The van der Waals surface area contributed by atoms with Gasteiger partial charge in [0.15, 0.2) is 33.5 Å². The van der Waals surface area contributed by atoms with Gasteiger partial charge >= 0.3 is 0 Å². The third-order valence-electron chi connectivity index (χ3n) is 7.28. The monoisotopic (exact) mass is 496 g/mol. The van der Waals surface area contributed by atoms with Crippen molar-refractivity contribution < 1.29 is 9.47 Å². The Morgan fingerprint density at radius 2 is 0.743 bits per heavy atom. The van der Waals surface area contributed by atoms with Gasteiger partial charge in [-0.2, -0.15) is 0 Å². The largest absolute Gasteiger partial charge is 0.447 e. The van der Waals surface area contributed by atoms with E-state index in [1.165, 1.54) is 51.7 Å². The van der Waals surface area contributed by atoms with Crippen molar-refractivity contribution in [3.63, 3.8) is 0 Å². The van der Waals surface area contributed by atoms with Crippen LogP contribution in [0.15, 0.2) is 117 Å². The van der Waals surface area contributed by atoms with Gasteiger partial charge in [-0.15, -0.1) is 0 Å². The van der Waals surface area contributed by atoms with Crippen LogP contribution in [0.25, 0.3) is 0 Å². The highest BCUT2D eigenvalue weighted by Crippen LogP contribution is 2.53. The van der Waals surface area contributed by atoms with Crippen molar-refractivity contribution >= 4 is 21.8 Å². The van der Waals surface area contributed by atoms with Crippen molar-refractivity contribution in [3.8, 4) is 23.0 Å². The van der Waals surface area contributed by atoms with Gasteiger partial charge in [0, 0.05) is 12.8 Å². The predicted octanol–water partition coefficient (Wildman–Crippen LogP) is 8.37. The zero-order valence-electron chi connectivity index (χ0n) is 19.6. The van der Waals surface area contributed by atoms with E-state index in [2.05, 4.69) is 97.1 Å². The standard InChI is InChI=1S/C31H28O2S2/c1-2-20-30(34-26-16-8-4-12-22(26)32-23-13-5-9-17-27(23)34)31(21-3-1)35-28-18-10-6-14-24(28)33-25-15-7-11-19-29(25)35/h4-19,30-31H,1-3,20-21H2/q+2/t30-,31-/m1/s1. The van der Waals surface area contributed by atoms with Gasteiger partial charge in [-0.1, -0.05) is 55.0 Å². The number of para-hydroxylation sites is 4. The van der Waals surface area contributed by atoms with E-state index in [0.29, 0.717) is 10.5 Å². The van der Waals surface area contributed by atoms with Crippen LogP contribution in [0, 0.1) is 0 Å². The summed E-state index contributed by atoms with van der Waals surface area (Å²) in [5.74, 6) is 4.14. The van der Waals surface area contributed by atoms with Gasteiger partial charge in [0.25, 0.3) is 0 Å². The first-order chi connectivity index (χ1) is 17.4. The first-order valence-electron chi connectivity index (χ1n) is 12.6. The maximum atomic E-state index is 6.41. The molecule has 2 heterocycles. The second kappa shape index (κ2) is 9.00. The number of benzene rings is 4. The van der Waals surface area contributed by atoms with Crippen LogP contribution in [-0.4, -0.2) is 10.5 Å². The average molecular weight is 497 g/mol. The van der Waals surface area contributed by atoms with Crippen LogP contribution < -0.4 is 9.47 Å². The molecule has 0 aromatic heterocycles. The van der Waals surface area contributed by atoms with Crippen molar-refractivity contribution in [1.29, 1.82) is 0 Å². The summed E-state index contributed by atoms with van der Waals surface area (Å²) in [6.07, 6.45) is 6.43. The Balaban J connectivity index is 1.42. The molecule has 1 fully saturated rings. The van der Waals surface area contributed by atoms with Gasteiger partial charge < -0.3 is 9.47 Å². The molecule has 4 aromatic carbocycles. The molecule has 4 heteroatoms. The lowest BCUT2D eigenvalue weighted by Gasteiger charge is -2.30. The quantitative estimate of drug-likeness (QED) is 0.205. The Morgan fingerprint density at radius 3 is 1.09 bits per heavy atom. The smallest absolute Gasteiger partial charge is 0.203 e. The number of rotatable bonds is 2. The molecule has 0 bridgehead atoms. The molecular formula is C31H28O2S2+2. The van der Waals surface area contributed by atoms with Gasteiger partial charge in [-0.25, -0.2) is 0 Å². The molecule has 3 aliphatic rings. The average Bonchev–Trinajstić information content (AvgIpc) is 3.16. The van der Waals surface area contributed by atoms with Gasteiger partial charge in [0.05, 0.1) is 21.8 Å². The van der Waals surface area contributed by atoms with Crippen LogP contribution >= 0.6 is 0 Å². The van der Waals surface area contributed by atoms with Crippen LogP contribution in [0.5, 0.6) is 23.0 Å². The zero-order chi connectivity index (χ0) is 23.2. The van der Waals surface area contributed by atoms with E-state index in [4.69, 9.17) is 9.47 Å². The molecule has 35 heavy (non-hydrogen) atoms. The highest BCUT2D eigenvalue weighted by atomic mass is 32.2. The minimum Gasteiger partial charge on any atom is -0.447 e. The molecule has 7 rings (SSSR count). The van der Waals surface area contributed by atoms with Crippen LogP contribution in [0.1, 0.15) is 32.1 Å². The van der Waals surface area contributed by atoms with Crippen LogP contribution in [0.2, 0.25) is 0 Å². The third-order valence-corrected chi connectivity index (χ3v) is 13.0. The maximum Gasteiger partial charge on any atom is 0.203 e. The fourth-order valence-corrected chi connectivity index (χ4v) is 12.1. The van der Waals surface area contributed by atoms with Crippen molar-refractivity contribution in [2.24, 2.45) is 0 Å². The van der Waals surface area contributed by atoms with E-state index >= 15 is 0 Å². The van der Waals surface area contributed by atoms with E-state index < -0.39 is 0 Å². The maximum absolute atomic E-state index is 6.41. The Labute approximate surface area is 213 Å². The normalized spacial score (nSPS) is 21.4. The minimum atomic E-state index is -0.0363. The van der Waals surface area contributed by atoms with Gasteiger partial charge in [0.1, 0.15) is 0 Å². The Morgan fingerprint density at radius 1 is 0.429 bits per heavy atom. The summed E-state index contributed by atoms with van der Waals surface area (Å²) in [4.78, 5) is 5.51. The first-order valence-corrected chi connectivity index (χ1v) is 15.1. The second-order valence-corrected chi connectivity index (χ2v) is 13.7. The zero-order valence-corrected chi connectivity index (χ0v) is 21.2.